The van der Waals surface area contributed by atoms with Gasteiger partial charge >= 0.3 is 0 Å². The molecule has 0 bridgehead atoms. The Morgan fingerprint density at radius 3 is 2.51 bits per heavy atom. The third kappa shape index (κ3) is 6.07. The summed E-state index contributed by atoms with van der Waals surface area (Å²) in [5, 5.41) is 13.4. The number of carbonyl (C=O) groups excluding carboxylic acids is 1. The van der Waals surface area contributed by atoms with Crippen LogP contribution in [-0.2, 0) is 4.79 Å². The Labute approximate surface area is 208 Å². The topological polar surface area (TPSA) is 90.6 Å². The van der Waals surface area contributed by atoms with Gasteiger partial charge in [0.25, 0.3) is 5.91 Å². The minimum absolute atomic E-state index is 0.123. The molecule has 0 radical (unpaired) electrons. The van der Waals surface area contributed by atoms with E-state index in [1.165, 1.54) is 11.8 Å². The summed E-state index contributed by atoms with van der Waals surface area (Å²) in [7, 11) is 1.63. The van der Waals surface area contributed by atoms with E-state index in [9.17, 15) is 4.79 Å². The van der Waals surface area contributed by atoms with Gasteiger partial charge in [-0.1, -0.05) is 42.1 Å². The average molecular weight is 488 g/mol. The van der Waals surface area contributed by atoms with Crippen LogP contribution in [0.4, 0.5) is 0 Å². The summed E-state index contributed by atoms with van der Waals surface area (Å²) < 4.78 is 12.8. The molecule has 0 unspecified atom stereocenters. The van der Waals surface area contributed by atoms with Crippen molar-refractivity contribution in [3.8, 4) is 28.6 Å². The minimum Gasteiger partial charge on any atom is -0.497 e. The Morgan fingerprint density at radius 1 is 1.03 bits per heavy atom. The van der Waals surface area contributed by atoms with Crippen molar-refractivity contribution in [2.24, 2.45) is 5.10 Å². The third-order valence-corrected chi connectivity index (χ3v) is 5.87. The first-order valence-corrected chi connectivity index (χ1v) is 12.0. The average Bonchev–Trinajstić information content (AvgIpc) is 3.33. The van der Waals surface area contributed by atoms with E-state index < -0.39 is 0 Å². The second kappa shape index (κ2) is 11.8. The number of hydrazone groups is 1. The molecular formula is C26H25N5O3S. The monoisotopic (exact) mass is 487 g/mol. The molecule has 35 heavy (non-hydrogen) atoms. The summed E-state index contributed by atoms with van der Waals surface area (Å²) in [6.07, 6.45) is 1.57. The predicted octanol–water partition coefficient (Wildman–Crippen LogP) is 4.58. The number of carbonyl (C=O) groups is 1. The standard InChI is InChI=1S/C26H25N5O3S/c1-3-34-23-12-8-7-9-20(23)17-27-28-24(32)18-35-26-30-29-25(19-13-15-22(33-2)16-14-19)31(26)21-10-5-4-6-11-21/h4-17H,3,18H2,1-2H3,(H,28,32)/b27-17-. The quantitative estimate of drug-likeness (QED) is 0.200. The summed E-state index contributed by atoms with van der Waals surface area (Å²) in [6, 6.07) is 24.9. The van der Waals surface area contributed by atoms with E-state index in [2.05, 4.69) is 20.7 Å². The fraction of sp³-hybridized carbons (Fsp3) is 0.154. The summed E-state index contributed by atoms with van der Waals surface area (Å²) in [5.74, 6) is 2.01. The van der Waals surface area contributed by atoms with Crippen LogP contribution < -0.4 is 14.9 Å². The van der Waals surface area contributed by atoms with Crippen LogP contribution in [0.15, 0.2) is 89.1 Å². The van der Waals surface area contributed by atoms with E-state index in [0.29, 0.717) is 23.3 Å². The van der Waals surface area contributed by atoms with Crippen LogP contribution in [0.3, 0.4) is 0 Å². The number of aromatic nitrogens is 3. The highest BCUT2D eigenvalue weighted by Crippen LogP contribution is 2.29. The molecule has 1 N–H and O–H groups in total. The molecule has 178 valence electrons. The van der Waals surface area contributed by atoms with E-state index in [1.54, 1.807) is 13.3 Å². The first kappa shape index (κ1) is 24.0. The zero-order chi connectivity index (χ0) is 24.5. The number of hydrogen-bond donors (Lipinski definition) is 1. The molecule has 4 rings (SSSR count). The third-order valence-electron chi connectivity index (χ3n) is 4.94. The molecule has 0 aliphatic rings. The van der Waals surface area contributed by atoms with Gasteiger partial charge in [0.05, 0.1) is 25.7 Å². The van der Waals surface area contributed by atoms with Gasteiger partial charge in [0.1, 0.15) is 11.5 Å². The van der Waals surface area contributed by atoms with Gasteiger partial charge in [-0.15, -0.1) is 10.2 Å². The largest absolute Gasteiger partial charge is 0.497 e. The Balaban J connectivity index is 1.48. The summed E-state index contributed by atoms with van der Waals surface area (Å²) in [5.41, 5.74) is 5.14. The molecule has 0 spiro atoms. The highest BCUT2D eigenvalue weighted by Gasteiger charge is 2.17. The molecule has 0 fully saturated rings. The lowest BCUT2D eigenvalue weighted by atomic mass is 10.2. The fourth-order valence-electron chi connectivity index (χ4n) is 3.31. The van der Waals surface area contributed by atoms with Crippen molar-refractivity contribution in [2.45, 2.75) is 12.1 Å². The Morgan fingerprint density at radius 2 is 1.77 bits per heavy atom. The summed E-state index contributed by atoms with van der Waals surface area (Å²) >= 11 is 1.28. The van der Waals surface area contributed by atoms with Crippen molar-refractivity contribution in [3.05, 3.63) is 84.4 Å². The van der Waals surface area contributed by atoms with Crippen molar-refractivity contribution >= 4 is 23.9 Å². The van der Waals surface area contributed by atoms with Crippen LogP contribution >= 0.6 is 11.8 Å². The zero-order valence-corrected chi connectivity index (χ0v) is 20.2. The number of rotatable bonds is 10. The molecule has 1 aromatic heterocycles. The van der Waals surface area contributed by atoms with Crippen molar-refractivity contribution in [2.75, 3.05) is 19.5 Å². The van der Waals surface area contributed by atoms with Gasteiger partial charge in [-0.05, 0) is 55.5 Å². The normalized spacial score (nSPS) is 10.9. The molecule has 3 aromatic carbocycles. The number of nitrogens with one attached hydrogen (secondary N) is 1. The Bertz CT molecular complexity index is 1290. The zero-order valence-electron chi connectivity index (χ0n) is 19.4. The number of ether oxygens (including phenoxy) is 2. The Hall–Kier alpha value is -4.11. The number of nitrogens with zero attached hydrogens (tertiary/aromatic N) is 4. The lowest BCUT2D eigenvalue weighted by Gasteiger charge is -2.10. The predicted molar refractivity (Wildman–Crippen MR) is 137 cm³/mol. The molecule has 0 atom stereocenters. The first-order chi connectivity index (χ1) is 17.2. The second-order valence-corrected chi connectivity index (χ2v) is 8.20. The molecule has 0 aliphatic heterocycles. The highest BCUT2D eigenvalue weighted by atomic mass is 32.2. The van der Waals surface area contributed by atoms with Crippen LogP contribution in [-0.4, -0.2) is 46.4 Å². The van der Waals surface area contributed by atoms with Gasteiger partial charge in [0, 0.05) is 16.8 Å². The van der Waals surface area contributed by atoms with E-state index in [4.69, 9.17) is 9.47 Å². The van der Waals surface area contributed by atoms with E-state index in [-0.39, 0.29) is 11.7 Å². The Kier molecular flexibility index (Phi) is 8.13. The minimum atomic E-state index is -0.256. The van der Waals surface area contributed by atoms with Gasteiger partial charge in [-0.2, -0.15) is 5.10 Å². The van der Waals surface area contributed by atoms with Gasteiger partial charge in [-0.25, -0.2) is 5.43 Å². The van der Waals surface area contributed by atoms with Crippen LogP contribution in [0.25, 0.3) is 17.1 Å². The molecule has 0 saturated heterocycles. The first-order valence-electron chi connectivity index (χ1n) is 11.0. The van der Waals surface area contributed by atoms with Gasteiger partial charge in [-0.3, -0.25) is 9.36 Å². The molecule has 8 nitrogen and oxygen atoms in total. The number of para-hydroxylation sites is 2. The van der Waals surface area contributed by atoms with E-state index >= 15 is 0 Å². The van der Waals surface area contributed by atoms with Gasteiger partial charge in [0.15, 0.2) is 11.0 Å². The number of methoxy groups -OCH3 is 1. The van der Waals surface area contributed by atoms with E-state index in [0.717, 1.165) is 22.6 Å². The van der Waals surface area contributed by atoms with Crippen LogP contribution in [0, 0.1) is 0 Å². The van der Waals surface area contributed by atoms with Crippen molar-refractivity contribution in [3.63, 3.8) is 0 Å². The van der Waals surface area contributed by atoms with Crippen LogP contribution in [0.1, 0.15) is 12.5 Å². The molecule has 1 amide bonds. The van der Waals surface area contributed by atoms with Crippen molar-refractivity contribution in [1.29, 1.82) is 0 Å². The van der Waals surface area contributed by atoms with Gasteiger partial charge in [0.2, 0.25) is 0 Å². The number of amides is 1. The van der Waals surface area contributed by atoms with Crippen LogP contribution in [0.5, 0.6) is 11.5 Å². The molecule has 4 aromatic rings. The lowest BCUT2D eigenvalue weighted by Crippen LogP contribution is -2.20. The number of hydrogen-bond acceptors (Lipinski definition) is 7. The molecule has 1 heterocycles. The molecule has 9 heteroatoms. The molecule has 0 aliphatic carbocycles. The molecular weight excluding hydrogens is 462 g/mol. The van der Waals surface area contributed by atoms with Gasteiger partial charge < -0.3 is 9.47 Å². The maximum absolute atomic E-state index is 12.5. The highest BCUT2D eigenvalue weighted by molar-refractivity contribution is 7.99. The summed E-state index contributed by atoms with van der Waals surface area (Å²) in [6.45, 7) is 2.47. The number of thioether (sulfide) groups is 1. The van der Waals surface area contributed by atoms with Crippen molar-refractivity contribution in [1.82, 2.24) is 20.2 Å². The van der Waals surface area contributed by atoms with E-state index in [1.807, 2.05) is 90.4 Å². The maximum Gasteiger partial charge on any atom is 0.250 e. The van der Waals surface area contributed by atoms with Crippen molar-refractivity contribution < 1.29 is 14.3 Å². The SMILES string of the molecule is CCOc1ccccc1/C=N\NC(=O)CSc1nnc(-c2ccc(OC)cc2)n1-c1ccccc1. The van der Waals surface area contributed by atoms with Crippen LogP contribution in [0.2, 0.25) is 0 Å². The lowest BCUT2D eigenvalue weighted by molar-refractivity contribution is -0.118. The molecule has 0 saturated carbocycles. The maximum atomic E-state index is 12.5. The number of benzene rings is 3. The smallest absolute Gasteiger partial charge is 0.250 e. The summed E-state index contributed by atoms with van der Waals surface area (Å²) in [4.78, 5) is 12.5. The fourth-order valence-corrected chi connectivity index (χ4v) is 4.05. The second-order valence-electron chi connectivity index (χ2n) is 7.26.